The number of thiazole rings is 1. The van der Waals surface area contributed by atoms with Gasteiger partial charge >= 0.3 is 0 Å². The minimum absolute atomic E-state index is 0. The van der Waals surface area contributed by atoms with E-state index in [9.17, 15) is 0 Å². The van der Waals surface area contributed by atoms with E-state index in [1.807, 2.05) is 12.1 Å². The molecule has 84 valence electrons. The summed E-state index contributed by atoms with van der Waals surface area (Å²) in [4.78, 5) is 0. The van der Waals surface area contributed by atoms with Crippen molar-refractivity contribution < 1.29 is 33.3 Å². The number of benzene rings is 1. The largest absolute Gasteiger partial charge is 1.00 e. The van der Waals surface area contributed by atoms with Crippen molar-refractivity contribution in [2.45, 2.75) is 6.92 Å². The minimum atomic E-state index is 0. The lowest BCUT2D eigenvalue weighted by atomic mass is 10.3. The number of rotatable bonds is 2. The predicted octanol–water partition coefficient (Wildman–Crippen LogP) is -0.950. The minimum Gasteiger partial charge on any atom is -1.00 e. The van der Waals surface area contributed by atoms with Crippen molar-refractivity contribution in [2.75, 3.05) is 6.61 Å². The molecule has 1 aromatic heterocycles. The lowest BCUT2D eigenvalue weighted by Gasteiger charge is -1.99. The Balaban J connectivity index is 0.00000128. The van der Waals surface area contributed by atoms with E-state index >= 15 is 0 Å². The molecular formula is C12H12INOS. The highest BCUT2D eigenvalue weighted by Crippen LogP contribution is 2.23. The molecule has 2 rings (SSSR count). The second-order valence-electron chi connectivity index (χ2n) is 3.30. The topological polar surface area (TPSA) is 13.1 Å². The fourth-order valence-corrected chi connectivity index (χ4v) is 2.45. The molecular weight excluding hydrogens is 333 g/mol. The van der Waals surface area contributed by atoms with Crippen LogP contribution in [0.15, 0.2) is 18.2 Å². The number of aryl methyl sites for hydroxylation is 2. The average molecular weight is 345 g/mol. The zero-order chi connectivity index (χ0) is 10.8. The highest BCUT2D eigenvalue weighted by molar-refractivity contribution is 7.18. The van der Waals surface area contributed by atoms with Gasteiger partial charge in [-0.1, -0.05) is 17.3 Å². The molecule has 1 aromatic carbocycles. The molecule has 0 spiro atoms. The van der Waals surface area contributed by atoms with Gasteiger partial charge in [0.15, 0.2) is 0 Å². The lowest BCUT2D eigenvalue weighted by Crippen LogP contribution is -3.00. The molecule has 0 bridgehead atoms. The first-order valence-electron chi connectivity index (χ1n) is 4.68. The Hall–Kier alpha value is -0.800. The number of aromatic nitrogens is 1. The Kier molecular flexibility index (Phi) is 4.56. The molecule has 0 unspecified atom stereocenters. The Labute approximate surface area is 116 Å². The van der Waals surface area contributed by atoms with Crippen molar-refractivity contribution in [3.63, 3.8) is 0 Å². The number of nitrogens with zero attached hydrogens (tertiary/aromatic N) is 1. The normalized spacial score (nSPS) is 9.56. The van der Waals surface area contributed by atoms with Gasteiger partial charge in [0.1, 0.15) is 24.1 Å². The summed E-state index contributed by atoms with van der Waals surface area (Å²) in [5.74, 6) is 3.29. The Bertz CT molecular complexity index is 542. The van der Waals surface area contributed by atoms with Gasteiger partial charge < -0.3 is 28.7 Å². The Morgan fingerprint density at radius 1 is 1.50 bits per heavy atom. The van der Waals surface area contributed by atoms with Gasteiger partial charge in [-0.15, -0.1) is 6.42 Å². The highest BCUT2D eigenvalue weighted by Gasteiger charge is 2.13. The third-order valence-corrected chi connectivity index (χ3v) is 3.48. The average Bonchev–Trinajstić information content (AvgIpc) is 2.52. The maximum absolute atomic E-state index is 5.38. The van der Waals surface area contributed by atoms with Crippen molar-refractivity contribution in [1.82, 2.24) is 0 Å². The Morgan fingerprint density at radius 3 is 2.94 bits per heavy atom. The van der Waals surface area contributed by atoms with Gasteiger partial charge in [-0.3, -0.25) is 0 Å². The standard InChI is InChI=1S/C12H12NOS.HI/c1-4-7-14-10-5-6-12-11(8-10)13(3)9(2)15-12;/h1,5-6,8H,7H2,2-3H3;1H/q+1;/p-1. The maximum Gasteiger partial charge on any atom is 0.234 e. The number of terminal acetylenes is 1. The lowest BCUT2D eigenvalue weighted by molar-refractivity contribution is -0.646. The van der Waals surface area contributed by atoms with Gasteiger partial charge in [0.25, 0.3) is 0 Å². The summed E-state index contributed by atoms with van der Waals surface area (Å²) in [6.45, 7) is 2.42. The van der Waals surface area contributed by atoms with Crippen LogP contribution in [-0.4, -0.2) is 6.61 Å². The van der Waals surface area contributed by atoms with Gasteiger partial charge in [0.2, 0.25) is 10.5 Å². The van der Waals surface area contributed by atoms with Crippen LogP contribution in [0.1, 0.15) is 5.01 Å². The molecule has 0 saturated carbocycles. The van der Waals surface area contributed by atoms with Gasteiger partial charge in [0, 0.05) is 6.92 Å². The molecule has 0 saturated heterocycles. The summed E-state index contributed by atoms with van der Waals surface area (Å²) in [5.41, 5.74) is 1.19. The number of fused-ring (bicyclic) bond motifs is 1. The molecule has 0 amide bonds. The molecule has 1 heterocycles. The van der Waals surface area contributed by atoms with Crippen LogP contribution in [0.2, 0.25) is 0 Å². The summed E-state index contributed by atoms with van der Waals surface area (Å²) in [6.07, 6.45) is 5.14. The molecule has 0 aliphatic carbocycles. The van der Waals surface area contributed by atoms with Crippen molar-refractivity contribution in [3.05, 3.63) is 23.2 Å². The van der Waals surface area contributed by atoms with E-state index in [2.05, 4.69) is 30.5 Å². The fraction of sp³-hybridized carbons (Fsp3) is 0.250. The van der Waals surface area contributed by atoms with E-state index in [4.69, 9.17) is 11.2 Å². The van der Waals surface area contributed by atoms with Crippen LogP contribution in [0, 0.1) is 19.3 Å². The zero-order valence-corrected chi connectivity index (χ0v) is 12.1. The summed E-state index contributed by atoms with van der Waals surface area (Å²) in [6, 6.07) is 6.05. The van der Waals surface area contributed by atoms with E-state index < -0.39 is 0 Å². The smallest absolute Gasteiger partial charge is 0.234 e. The molecule has 2 aromatic rings. The van der Waals surface area contributed by atoms with Crippen LogP contribution < -0.4 is 33.3 Å². The van der Waals surface area contributed by atoms with Crippen LogP contribution in [-0.2, 0) is 7.05 Å². The van der Waals surface area contributed by atoms with Crippen molar-refractivity contribution in [3.8, 4) is 18.1 Å². The summed E-state index contributed by atoms with van der Waals surface area (Å²) in [5, 5.41) is 1.28. The zero-order valence-electron chi connectivity index (χ0n) is 9.16. The van der Waals surface area contributed by atoms with Gasteiger partial charge in [0.05, 0.1) is 6.07 Å². The first kappa shape index (κ1) is 13.3. The number of hydrogen-bond acceptors (Lipinski definition) is 2. The van der Waals surface area contributed by atoms with Gasteiger partial charge in [-0.05, 0) is 12.1 Å². The van der Waals surface area contributed by atoms with E-state index in [-0.39, 0.29) is 24.0 Å². The van der Waals surface area contributed by atoms with E-state index in [0.717, 1.165) is 5.75 Å². The summed E-state index contributed by atoms with van der Waals surface area (Å²) >= 11 is 1.78. The number of ether oxygens (including phenoxy) is 1. The first-order valence-corrected chi connectivity index (χ1v) is 5.49. The fourth-order valence-electron chi connectivity index (χ4n) is 1.46. The highest BCUT2D eigenvalue weighted by atomic mass is 127. The molecule has 0 atom stereocenters. The molecule has 16 heavy (non-hydrogen) atoms. The molecule has 0 fully saturated rings. The molecule has 0 aliphatic rings. The summed E-state index contributed by atoms with van der Waals surface area (Å²) < 4.78 is 8.80. The van der Waals surface area contributed by atoms with E-state index in [1.165, 1.54) is 15.2 Å². The maximum atomic E-state index is 5.38. The summed E-state index contributed by atoms with van der Waals surface area (Å²) in [7, 11) is 2.05. The second-order valence-corrected chi connectivity index (χ2v) is 4.54. The Morgan fingerprint density at radius 2 is 2.25 bits per heavy atom. The van der Waals surface area contributed by atoms with Crippen molar-refractivity contribution in [1.29, 1.82) is 0 Å². The monoisotopic (exact) mass is 345 g/mol. The first-order chi connectivity index (χ1) is 7.22. The van der Waals surface area contributed by atoms with Gasteiger partial charge in [-0.2, -0.15) is 4.57 Å². The third kappa shape index (κ3) is 2.47. The SMILES string of the molecule is C#CCOc1ccc2sc(C)[n+](C)c2c1.[I-]. The van der Waals surface area contributed by atoms with Crippen LogP contribution in [0.5, 0.6) is 5.75 Å². The second kappa shape index (κ2) is 5.51. The predicted molar refractivity (Wildman–Crippen MR) is 62.1 cm³/mol. The number of hydrogen-bond donors (Lipinski definition) is 0. The molecule has 0 aliphatic heterocycles. The molecule has 4 heteroatoms. The van der Waals surface area contributed by atoms with Crippen LogP contribution in [0.3, 0.4) is 0 Å². The van der Waals surface area contributed by atoms with E-state index in [0.29, 0.717) is 6.61 Å². The molecule has 0 N–H and O–H groups in total. The van der Waals surface area contributed by atoms with Crippen LogP contribution in [0.4, 0.5) is 0 Å². The third-order valence-electron chi connectivity index (χ3n) is 2.34. The molecule has 0 radical (unpaired) electrons. The van der Waals surface area contributed by atoms with Crippen LogP contribution in [0.25, 0.3) is 10.2 Å². The van der Waals surface area contributed by atoms with Crippen molar-refractivity contribution in [2.24, 2.45) is 7.05 Å². The number of halogens is 1. The van der Waals surface area contributed by atoms with Gasteiger partial charge in [-0.25, -0.2) is 0 Å². The molecule has 2 nitrogen and oxygen atoms in total. The van der Waals surface area contributed by atoms with Crippen molar-refractivity contribution >= 4 is 21.6 Å². The quantitative estimate of drug-likeness (QED) is 0.389. The van der Waals surface area contributed by atoms with Crippen LogP contribution >= 0.6 is 11.3 Å². The van der Waals surface area contributed by atoms with E-state index in [1.54, 1.807) is 11.3 Å².